The second kappa shape index (κ2) is 9.03. The molecule has 0 saturated heterocycles. The molecule has 0 aliphatic carbocycles. The number of rotatable bonds is 9. The maximum absolute atomic E-state index is 10.6. The molecule has 4 nitrogen and oxygen atoms in total. The van der Waals surface area contributed by atoms with Gasteiger partial charge in [0.1, 0.15) is 5.75 Å². The molecule has 0 saturated carbocycles. The number of benzene rings is 1. The van der Waals surface area contributed by atoms with Gasteiger partial charge in [0.2, 0.25) is 0 Å². The molecule has 1 aromatic carbocycles. The van der Waals surface area contributed by atoms with Crippen LogP contribution in [0.2, 0.25) is 0 Å². The van der Waals surface area contributed by atoms with Gasteiger partial charge in [-0.25, -0.2) is 0 Å². The minimum atomic E-state index is -0.526. The van der Waals surface area contributed by atoms with E-state index in [1.165, 1.54) is 0 Å². The van der Waals surface area contributed by atoms with E-state index in [0.29, 0.717) is 12.6 Å². The van der Waals surface area contributed by atoms with E-state index >= 15 is 0 Å². The fourth-order valence-electron chi connectivity index (χ4n) is 2.52. The van der Waals surface area contributed by atoms with Crippen molar-refractivity contribution < 1.29 is 14.6 Å². The van der Waals surface area contributed by atoms with E-state index in [1.807, 2.05) is 24.3 Å². The van der Waals surface area contributed by atoms with Crippen molar-refractivity contribution in [3.8, 4) is 5.75 Å². The lowest BCUT2D eigenvalue weighted by Crippen LogP contribution is -2.44. The zero-order chi connectivity index (χ0) is 15.8. The summed E-state index contributed by atoms with van der Waals surface area (Å²) in [4.78, 5) is 2.30. The Balaban J connectivity index is 2.81. The number of aliphatic hydroxyl groups excluding tert-OH is 1. The Kier molecular flexibility index (Phi) is 7.72. The van der Waals surface area contributed by atoms with Crippen molar-refractivity contribution in [2.45, 2.75) is 45.4 Å². The molecule has 0 aromatic heterocycles. The topological polar surface area (TPSA) is 41.9 Å². The molecule has 1 aromatic rings. The van der Waals surface area contributed by atoms with Crippen LogP contribution in [-0.2, 0) is 4.74 Å². The van der Waals surface area contributed by atoms with Crippen molar-refractivity contribution in [2.24, 2.45) is 0 Å². The van der Waals surface area contributed by atoms with E-state index in [4.69, 9.17) is 9.47 Å². The van der Waals surface area contributed by atoms with Crippen molar-refractivity contribution in [1.29, 1.82) is 0 Å². The molecule has 0 bridgehead atoms. The molecule has 21 heavy (non-hydrogen) atoms. The average molecular weight is 295 g/mol. The smallest absolute Gasteiger partial charge is 0.118 e. The zero-order valence-electron chi connectivity index (χ0n) is 13.9. The van der Waals surface area contributed by atoms with Crippen LogP contribution in [0.5, 0.6) is 5.75 Å². The zero-order valence-corrected chi connectivity index (χ0v) is 13.9. The first-order chi connectivity index (χ1) is 10.0. The van der Waals surface area contributed by atoms with Gasteiger partial charge in [0.15, 0.2) is 0 Å². The first kappa shape index (κ1) is 18.0. The van der Waals surface area contributed by atoms with Crippen molar-refractivity contribution in [3.63, 3.8) is 0 Å². The molecule has 1 N–H and O–H groups in total. The van der Waals surface area contributed by atoms with E-state index in [9.17, 15) is 5.11 Å². The van der Waals surface area contributed by atoms with Crippen LogP contribution in [0.4, 0.5) is 0 Å². The highest BCUT2D eigenvalue weighted by Gasteiger charge is 2.25. The summed E-state index contributed by atoms with van der Waals surface area (Å²) in [6.07, 6.45) is 0.519. The van der Waals surface area contributed by atoms with Gasteiger partial charge in [-0.15, -0.1) is 0 Å². The van der Waals surface area contributed by atoms with Gasteiger partial charge in [-0.2, -0.15) is 0 Å². The van der Waals surface area contributed by atoms with Crippen LogP contribution in [0, 0.1) is 0 Å². The number of ether oxygens (including phenoxy) is 2. The first-order valence-electron chi connectivity index (χ1n) is 7.61. The summed E-state index contributed by atoms with van der Waals surface area (Å²) in [7, 11) is 3.35. The number of aliphatic hydroxyl groups is 1. The van der Waals surface area contributed by atoms with Crippen LogP contribution < -0.4 is 4.74 Å². The minimum Gasteiger partial charge on any atom is -0.497 e. The van der Waals surface area contributed by atoms with Gasteiger partial charge in [0.05, 0.1) is 19.8 Å². The average Bonchev–Trinajstić information content (AvgIpc) is 2.53. The van der Waals surface area contributed by atoms with Crippen molar-refractivity contribution >= 4 is 0 Å². The highest BCUT2D eigenvalue weighted by molar-refractivity contribution is 5.29. The lowest BCUT2D eigenvalue weighted by molar-refractivity contribution is 0.0195. The lowest BCUT2D eigenvalue weighted by atomic mass is 10.0. The standard InChI is InChI=1S/C17H29NO3/c1-6-13(2)18(11-12-20-4)14(3)17(19)15-7-9-16(21-5)10-8-15/h7-10,13-14,17,19H,6,11-12H2,1-5H3. The number of nitrogens with zero attached hydrogens (tertiary/aromatic N) is 1. The summed E-state index contributed by atoms with van der Waals surface area (Å²) in [5.74, 6) is 0.803. The van der Waals surface area contributed by atoms with Crippen molar-refractivity contribution in [2.75, 3.05) is 27.4 Å². The molecule has 0 amide bonds. The van der Waals surface area contributed by atoms with Crippen LogP contribution in [0.1, 0.15) is 38.9 Å². The summed E-state index contributed by atoms with van der Waals surface area (Å²) in [5.41, 5.74) is 0.911. The van der Waals surface area contributed by atoms with E-state index in [2.05, 4.69) is 25.7 Å². The van der Waals surface area contributed by atoms with Gasteiger partial charge >= 0.3 is 0 Å². The molecule has 3 atom stereocenters. The second-order valence-corrected chi connectivity index (χ2v) is 5.45. The van der Waals surface area contributed by atoms with Gasteiger partial charge in [-0.05, 0) is 38.0 Å². The fourth-order valence-corrected chi connectivity index (χ4v) is 2.52. The normalized spacial score (nSPS) is 15.8. The Hall–Kier alpha value is -1.10. The summed E-state index contributed by atoms with van der Waals surface area (Å²) in [5, 5.41) is 10.6. The molecule has 4 heteroatoms. The van der Waals surface area contributed by atoms with Gasteiger partial charge in [-0.1, -0.05) is 19.1 Å². The molecule has 1 rings (SSSR count). The SMILES string of the molecule is CCC(C)N(CCOC)C(C)C(O)c1ccc(OC)cc1. The highest BCUT2D eigenvalue weighted by Crippen LogP contribution is 2.24. The lowest BCUT2D eigenvalue weighted by Gasteiger charge is -2.36. The van der Waals surface area contributed by atoms with Crippen LogP contribution in [0.15, 0.2) is 24.3 Å². The Morgan fingerprint density at radius 3 is 2.24 bits per heavy atom. The third-order valence-electron chi connectivity index (χ3n) is 4.15. The molecule has 0 fully saturated rings. The monoisotopic (exact) mass is 295 g/mol. The van der Waals surface area contributed by atoms with Crippen molar-refractivity contribution in [1.82, 2.24) is 4.90 Å². The summed E-state index contributed by atoms with van der Waals surface area (Å²) >= 11 is 0. The summed E-state index contributed by atoms with van der Waals surface area (Å²) < 4.78 is 10.4. The number of hydrogen-bond acceptors (Lipinski definition) is 4. The first-order valence-corrected chi connectivity index (χ1v) is 7.61. The molecule has 0 aliphatic heterocycles. The Labute approximate surface area is 128 Å². The molecule has 0 spiro atoms. The molecular weight excluding hydrogens is 266 g/mol. The maximum atomic E-state index is 10.6. The van der Waals surface area contributed by atoms with Crippen LogP contribution in [0.3, 0.4) is 0 Å². The molecule has 3 unspecified atom stereocenters. The summed E-state index contributed by atoms with van der Waals surface area (Å²) in [6.45, 7) is 7.91. The van der Waals surface area contributed by atoms with Crippen molar-refractivity contribution in [3.05, 3.63) is 29.8 Å². The predicted molar refractivity (Wildman–Crippen MR) is 85.8 cm³/mol. The Morgan fingerprint density at radius 1 is 1.14 bits per heavy atom. The van der Waals surface area contributed by atoms with E-state index in [0.717, 1.165) is 24.3 Å². The predicted octanol–water partition coefficient (Wildman–Crippen LogP) is 2.86. The fraction of sp³-hybridized carbons (Fsp3) is 0.647. The molecular formula is C17H29NO3. The minimum absolute atomic E-state index is 0.0310. The Morgan fingerprint density at radius 2 is 1.76 bits per heavy atom. The second-order valence-electron chi connectivity index (χ2n) is 5.45. The van der Waals surface area contributed by atoms with Gasteiger partial charge in [-0.3, -0.25) is 4.90 Å². The number of methoxy groups -OCH3 is 2. The van der Waals surface area contributed by atoms with Gasteiger partial charge in [0.25, 0.3) is 0 Å². The van der Waals surface area contributed by atoms with Gasteiger partial charge in [0, 0.05) is 25.7 Å². The molecule has 0 radical (unpaired) electrons. The molecule has 0 aliphatic rings. The quantitative estimate of drug-likeness (QED) is 0.760. The van der Waals surface area contributed by atoms with E-state index in [-0.39, 0.29) is 6.04 Å². The van der Waals surface area contributed by atoms with Crippen LogP contribution >= 0.6 is 0 Å². The third-order valence-corrected chi connectivity index (χ3v) is 4.15. The summed E-state index contributed by atoms with van der Waals surface area (Å²) in [6, 6.07) is 8.05. The molecule has 0 heterocycles. The highest BCUT2D eigenvalue weighted by atomic mass is 16.5. The van der Waals surface area contributed by atoms with E-state index in [1.54, 1.807) is 14.2 Å². The Bertz CT molecular complexity index is 394. The van der Waals surface area contributed by atoms with Crippen LogP contribution in [-0.4, -0.2) is 49.5 Å². The molecule has 120 valence electrons. The third kappa shape index (κ3) is 4.99. The van der Waals surface area contributed by atoms with Gasteiger partial charge < -0.3 is 14.6 Å². The largest absolute Gasteiger partial charge is 0.497 e. The maximum Gasteiger partial charge on any atom is 0.118 e. The van der Waals surface area contributed by atoms with Crippen LogP contribution in [0.25, 0.3) is 0 Å². The van der Waals surface area contributed by atoms with E-state index < -0.39 is 6.10 Å². The number of hydrogen-bond donors (Lipinski definition) is 1.